The molecule has 0 fully saturated rings. The molecule has 0 saturated carbocycles. The molecule has 0 amide bonds. The summed E-state index contributed by atoms with van der Waals surface area (Å²) < 4.78 is 9.84. The molecule has 0 radical (unpaired) electrons. The summed E-state index contributed by atoms with van der Waals surface area (Å²) in [5.41, 5.74) is 0.340. The molecule has 0 atom stereocenters. The summed E-state index contributed by atoms with van der Waals surface area (Å²) in [6.45, 7) is 2.34. The zero-order valence-corrected chi connectivity index (χ0v) is 10.8. The van der Waals surface area contributed by atoms with Crippen molar-refractivity contribution < 1.29 is 19.2 Å². The maximum absolute atomic E-state index is 11.0. The van der Waals surface area contributed by atoms with E-state index in [1.54, 1.807) is 6.07 Å². The van der Waals surface area contributed by atoms with Gasteiger partial charge in [0.25, 0.3) is 5.69 Å². The van der Waals surface area contributed by atoms with Crippen molar-refractivity contribution in [1.29, 1.82) is 0 Å². The third-order valence-corrected chi connectivity index (χ3v) is 2.24. The van der Waals surface area contributed by atoms with Crippen LogP contribution in [-0.4, -0.2) is 31.2 Å². The van der Waals surface area contributed by atoms with Crippen molar-refractivity contribution in [3.05, 3.63) is 28.3 Å². The monoisotopic (exact) mass is 268 g/mol. The van der Waals surface area contributed by atoms with Gasteiger partial charge in [-0.2, -0.15) is 0 Å². The van der Waals surface area contributed by atoms with E-state index in [0.29, 0.717) is 18.0 Å². The molecule has 0 heterocycles. The van der Waals surface area contributed by atoms with E-state index in [4.69, 9.17) is 4.74 Å². The van der Waals surface area contributed by atoms with Gasteiger partial charge in [0, 0.05) is 17.8 Å². The molecule has 0 unspecified atom stereocenters. The molecule has 0 aliphatic rings. The van der Waals surface area contributed by atoms with Gasteiger partial charge in [0.05, 0.1) is 24.7 Å². The van der Waals surface area contributed by atoms with E-state index in [2.05, 4.69) is 10.1 Å². The Balaban J connectivity index is 2.86. The van der Waals surface area contributed by atoms with E-state index in [0.717, 1.165) is 6.42 Å². The second kappa shape index (κ2) is 7.20. The number of anilines is 1. The topological polar surface area (TPSA) is 90.7 Å². The fraction of sp³-hybridized carbons (Fsp3) is 0.417. The lowest BCUT2D eigenvalue weighted by Crippen LogP contribution is -2.15. The normalized spacial score (nSPS) is 9.79. The predicted molar refractivity (Wildman–Crippen MR) is 69.4 cm³/mol. The average molecular weight is 268 g/mol. The molecule has 7 heteroatoms. The number of ether oxygens (including phenoxy) is 2. The van der Waals surface area contributed by atoms with E-state index >= 15 is 0 Å². The number of nitrogens with zero attached hydrogens (tertiary/aromatic N) is 1. The lowest BCUT2D eigenvalue weighted by molar-refractivity contribution is -0.384. The van der Waals surface area contributed by atoms with Crippen LogP contribution in [0.5, 0.6) is 5.75 Å². The first kappa shape index (κ1) is 14.7. The summed E-state index contributed by atoms with van der Waals surface area (Å²) in [6, 6.07) is 4.28. The smallest absolute Gasteiger partial charge is 0.325 e. The van der Waals surface area contributed by atoms with Gasteiger partial charge in [-0.05, 0) is 6.42 Å². The standard InChI is InChI=1S/C12H16N2O5/c1-3-4-19-11-6-9(13-8-12(15)18-2)5-10(7-11)14(16)17/h5-7,13H,3-4,8H2,1-2H3. The molecule has 104 valence electrons. The molecule has 0 aliphatic carbocycles. The van der Waals surface area contributed by atoms with Crippen molar-refractivity contribution in [3.63, 3.8) is 0 Å². The molecule has 1 aromatic carbocycles. The number of carbonyl (C=O) groups is 1. The lowest BCUT2D eigenvalue weighted by atomic mass is 10.2. The number of nitro groups is 1. The zero-order valence-electron chi connectivity index (χ0n) is 10.8. The van der Waals surface area contributed by atoms with Crippen molar-refractivity contribution in [2.75, 3.05) is 25.6 Å². The molecule has 0 saturated heterocycles. The van der Waals surface area contributed by atoms with Crippen LogP contribution in [0.2, 0.25) is 0 Å². The van der Waals surface area contributed by atoms with Gasteiger partial charge in [-0.1, -0.05) is 6.92 Å². The number of rotatable bonds is 7. The third kappa shape index (κ3) is 4.82. The molecular formula is C12H16N2O5. The number of methoxy groups -OCH3 is 1. The molecule has 1 aromatic rings. The van der Waals surface area contributed by atoms with Crippen LogP contribution in [0.3, 0.4) is 0 Å². The molecule has 0 bridgehead atoms. The highest BCUT2D eigenvalue weighted by atomic mass is 16.6. The molecule has 1 N–H and O–H groups in total. The Labute approximate surface area is 110 Å². The summed E-state index contributed by atoms with van der Waals surface area (Å²) in [5, 5.41) is 13.6. The maximum atomic E-state index is 11.0. The Morgan fingerprint density at radius 1 is 1.42 bits per heavy atom. The number of nitro benzene ring substituents is 1. The van der Waals surface area contributed by atoms with Gasteiger partial charge in [-0.25, -0.2) is 0 Å². The van der Waals surface area contributed by atoms with Crippen LogP contribution >= 0.6 is 0 Å². The van der Waals surface area contributed by atoms with Crippen LogP contribution in [0.25, 0.3) is 0 Å². The van der Waals surface area contributed by atoms with Gasteiger partial charge in [-0.15, -0.1) is 0 Å². The highest BCUT2D eigenvalue weighted by molar-refractivity contribution is 5.75. The zero-order chi connectivity index (χ0) is 14.3. The molecule has 0 spiro atoms. The number of carbonyl (C=O) groups excluding carboxylic acids is 1. The van der Waals surface area contributed by atoms with Crippen molar-refractivity contribution in [2.24, 2.45) is 0 Å². The Hall–Kier alpha value is -2.31. The van der Waals surface area contributed by atoms with Crippen molar-refractivity contribution in [3.8, 4) is 5.75 Å². The predicted octanol–water partition coefficient (Wildman–Crippen LogP) is 1.97. The van der Waals surface area contributed by atoms with Crippen LogP contribution in [0, 0.1) is 10.1 Å². The number of non-ortho nitro benzene ring substituents is 1. The minimum absolute atomic E-state index is 0.0646. The van der Waals surface area contributed by atoms with E-state index in [-0.39, 0.29) is 12.2 Å². The molecule has 19 heavy (non-hydrogen) atoms. The maximum Gasteiger partial charge on any atom is 0.325 e. The van der Waals surface area contributed by atoms with Gasteiger partial charge in [0.15, 0.2) is 0 Å². The van der Waals surface area contributed by atoms with Crippen LogP contribution in [-0.2, 0) is 9.53 Å². The van der Waals surface area contributed by atoms with Crippen LogP contribution in [0.4, 0.5) is 11.4 Å². The summed E-state index contributed by atoms with van der Waals surface area (Å²) in [4.78, 5) is 21.3. The van der Waals surface area contributed by atoms with Gasteiger partial charge >= 0.3 is 5.97 Å². The highest BCUT2D eigenvalue weighted by Gasteiger charge is 2.11. The number of hydrogen-bond acceptors (Lipinski definition) is 6. The summed E-state index contributed by atoms with van der Waals surface area (Å²) >= 11 is 0. The van der Waals surface area contributed by atoms with Crippen molar-refractivity contribution >= 4 is 17.3 Å². The summed E-state index contributed by atoms with van der Waals surface area (Å²) in [5.74, 6) is -0.0639. The largest absolute Gasteiger partial charge is 0.493 e. The molecule has 7 nitrogen and oxygen atoms in total. The van der Waals surface area contributed by atoms with Gasteiger partial charge in [0.1, 0.15) is 12.3 Å². The first-order chi connectivity index (χ1) is 9.06. The Kier molecular flexibility index (Phi) is 5.59. The fourth-order valence-corrected chi connectivity index (χ4v) is 1.34. The quantitative estimate of drug-likeness (QED) is 0.462. The molecule has 0 aromatic heterocycles. The van der Waals surface area contributed by atoms with Crippen molar-refractivity contribution in [1.82, 2.24) is 0 Å². The Morgan fingerprint density at radius 2 is 2.16 bits per heavy atom. The number of nitrogens with one attached hydrogen (secondary N) is 1. The first-order valence-corrected chi connectivity index (χ1v) is 5.79. The van der Waals surface area contributed by atoms with Crippen LogP contribution in [0.1, 0.15) is 13.3 Å². The highest BCUT2D eigenvalue weighted by Crippen LogP contribution is 2.26. The van der Waals surface area contributed by atoms with Gasteiger partial charge in [0.2, 0.25) is 0 Å². The summed E-state index contributed by atoms with van der Waals surface area (Å²) in [6.07, 6.45) is 0.799. The lowest BCUT2D eigenvalue weighted by Gasteiger charge is -2.09. The van der Waals surface area contributed by atoms with E-state index in [1.165, 1.54) is 19.2 Å². The van der Waals surface area contributed by atoms with E-state index < -0.39 is 10.9 Å². The molecule has 0 aliphatic heterocycles. The Morgan fingerprint density at radius 3 is 2.74 bits per heavy atom. The average Bonchev–Trinajstić information content (AvgIpc) is 2.42. The minimum atomic E-state index is -0.512. The van der Waals surface area contributed by atoms with Crippen LogP contribution in [0.15, 0.2) is 18.2 Å². The SMILES string of the molecule is CCCOc1cc(NCC(=O)OC)cc([N+](=O)[O-])c1. The van der Waals surface area contributed by atoms with Crippen molar-refractivity contribution in [2.45, 2.75) is 13.3 Å². The second-order valence-electron chi connectivity index (χ2n) is 3.75. The van der Waals surface area contributed by atoms with E-state index in [9.17, 15) is 14.9 Å². The molecule has 1 rings (SSSR count). The fourth-order valence-electron chi connectivity index (χ4n) is 1.34. The molecular weight excluding hydrogens is 252 g/mol. The van der Waals surface area contributed by atoms with Gasteiger partial charge < -0.3 is 14.8 Å². The Bertz CT molecular complexity index is 461. The second-order valence-corrected chi connectivity index (χ2v) is 3.75. The number of esters is 1. The van der Waals surface area contributed by atoms with Gasteiger partial charge in [-0.3, -0.25) is 14.9 Å². The van der Waals surface area contributed by atoms with Crippen LogP contribution < -0.4 is 10.1 Å². The number of benzene rings is 1. The minimum Gasteiger partial charge on any atom is -0.493 e. The third-order valence-electron chi connectivity index (χ3n) is 2.24. The first-order valence-electron chi connectivity index (χ1n) is 5.79. The van der Waals surface area contributed by atoms with E-state index in [1.807, 2.05) is 6.92 Å². The summed E-state index contributed by atoms with van der Waals surface area (Å²) in [7, 11) is 1.27. The number of hydrogen-bond donors (Lipinski definition) is 1.